The molecule has 0 heterocycles. The first-order valence-corrected chi connectivity index (χ1v) is 5.83. The number of guanidine groups is 1. The average Bonchev–Trinajstić information content (AvgIpc) is 2.90. The maximum atomic E-state index is 8.90. The summed E-state index contributed by atoms with van der Waals surface area (Å²) in [5.74, 6) is 1.88. The monoisotopic (exact) mass is 213 g/mol. The molecule has 1 fully saturated rings. The molecule has 4 heteroatoms. The maximum absolute atomic E-state index is 8.90. The van der Waals surface area contributed by atoms with Crippen molar-refractivity contribution in [3.8, 4) is 0 Å². The molecule has 0 saturated heterocycles. The summed E-state index contributed by atoms with van der Waals surface area (Å²) in [6, 6.07) is 0.590. The number of hydrogen-bond acceptors (Lipinski definition) is 2. The van der Waals surface area contributed by atoms with E-state index >= 15 is 0 Å². The predicted octanol–water partition coefficient (Wildman–Crippen LogP) is 0.578. The van der Waals surface area contributed by atoms with E-state index in [0.29, 0.717) is 12.6 Å². The number of nitrogens with zero attached hydrogens (tertiary/aromatic N) is 1. The van der Waals surface area contributed by atoms with Crippen LogP contribution in [0.2, 0.25) is 0 Å². The molecule has 3 N–H and O–H groups in total. The molecule has 1 aliphatic rings. The largest absolute Gasteiger partial charge is 0.396 e. The number of nitrogens with one attached hydrogen (secondary N) is 2. The molecule has 3 atom stereocenters. The molecule has 3 unspecified atom stereocenters. The Morgan fingerprint density at radius 1 is 1.60 bits per heavy atom. The lowest BCUT2D eigenvalue weighted by Gasteiger charge is -2.12. The zero-order valence-corrected chi connectivity index (χ0v) is 9.95. The number of aliphatic hydroxyl groups excluding tert-OH is 1. The summed E-state index contributed by atoms with van der Waals surface area (Å²) in [5.41, 5.74) is 0. The van der Waals surface area contributed by atoms with Crippen LogP contribution in [0.4, 0.5) is 0 Å². The third-order valence-corrected chi connectivity index (χ3v) is 2.65. The summed E-state index contributed by atoms with van der Waals surface area (Å²) in [6.07, 6.45) is 1.24. The van der Waals surface area contributed by atoms with Gasteiger partial charge in [-0.2, -0.15) is 0 Å². The minimum absolute atomic E-state index is 0.197. The summed E-state index contributed by atoms with van der Waals surface area (Å²) in [5, 5.41) is 15.5. The Labute approximate surface area is 92.2 Å². The van der Waals surface area contributed by atoms with Crippen molar-refractivity contribution in [2.45, 2.75) is 33.2 Å². The van der Waals surface area contributed by atoms with Gasteiger partial charge in [-0.15, -0.1) is 0 Å². The molecule has 0 spiro atoms. The van der Waals surface area contributed by atoms with Gasteiger partial charge in [0.05, 0.1) is 0 Å². The van der Waals surface area contributed by atoms with Crippen LogP contribution < -0.4 is 10.6 Å². The van der Waals surface area contributed by atoms with Crippen LogP contribution in [-0.4, -0.2) is 36.8 Å². The van der Waals surface area contributed by atoms with Gasteiger partial charge in [-0.25, -0.2) is 0 Å². The van der Waals surface area contributed by atoms with E-state index in [2.05, 4.69) is 29.5 Å². The van der Waals surface area contributed by atoms with E-state index in [4.69, 9.17) is 5.11 Å². The van der Waals surface area contributed by atoms with Crippen molar-refractivity contribution in [1.82, 2.24) is 10.6 Å². The van der Waals surface area contributed by atoms with Crippen molar-refractivity contribution < 1.29 is 5.11 Å². The second-order valence-corrected chi connectivity index (χ2v) is 4.47. The molecule has 0 amide bonds. The van der Waals surface area contributed by atoms with Gasteiger partial charge in [0.15, 0.2) is 5.96 Å². The Morgan fingerprint density at radius 2 is 2.27 bits per heavy atom. The van der Waals surface area contributed by atoms with E-state index in [-0.39, 0.29) is 12.5 Å². The Kier molecular flexibility index (Phi) is 4.88. The highest BCUT2D eigenvalue weighted by molar-refractivity contribution is 5.80. The zero-order chi connectivity index (χ0) is 11.3. The first kappa shape index (κ1) is 12.3. The Bertz CT molecular complexity index is 218. The third kappa shape index (κ3) is 4.51. The van der Waals surface area contributed by atoms with Gasteiger partial charge in [0.2, 0.25) is 0 Å². The summed E-state index contributed by atoms with van der Waals surface area (Å²) in [4.78, 5) is 4.43. The highest BCUT2D eigenvalue weighted by Crippen LogP contribution is 2.28. The topological polar surface area (TPSA) is 56.7 Å². The van der Waals surface area contributed by atoms with Crippen molar-refractivity contribution in [2.24, 2.45) is 16.8 Å². The van der Waals surface area contributed by atoms with Crippen LogP contribution in [0, 0.1) is 11.8 Å². The van der Waals surface area contributed by atoms with Crippen LogP contribution in [0.25, 0.3) is 0 Å². The van der Waals surface area contributed by atoms with E-state index in [9.17, 15) is 0 Å². The molecule has 0 bridgehead atoms. The molecule has 88 valence electrons. The van der Waals surface area contributed by atoms with Crippen LogP contribution in [0.3, 0.4) is 0 Å². The van der Waals surface area contributed by atoms with Gasteiger partial charge in [0, 0.05) is 25.7 Å². The lowest BCUT2D eigenvalue weighted by Crippen LogP contribution is -2.39. The van der Waals surface area contributed by atoms with Crippen molar-refractivity contribution >= 4 is 5.96 Å². The van der Waals surface area contributed by atoms with Gasteiger partial charge >= 0.3 is 0 Å². The molecule has 1 rings (SSSR count). The Morgan fingerprint density at radius 3 is 2.73 bits per heavy atom. The molecule has 0 radical (unpaired) electrons. The SMILES string of the molecule is CCNC(=NCC(C)CO)NC1CC1C. The quantitative estimate of drug-likeness (QED) is 0.462. The maximum Gasteiger partial charge on any atom is 0.191 e. The van der Waals surface area contributed by atoms with E-state index in [1.165, 1.54) is 6.42 Å². The second-order valence-electron chi connectivity index (χ2n) is 4.47. The van der Waals surface area contributed by atoms with Gasteiger partial charge in [0.1, 0.15) is 0 Å². The van der Waals surface area contributed by atoms with Crippen LogP contribution in [0.1, 0.15) is 27.2 Å². The van der Waals surface area contributed by atoms with Crippen LogP contribution in [0.15, 0.2) is 4.99 Å². The molecular formula is C11H23N3O. The fraction of sp³-hybridized carbons (Fsp3) is 0.909. The first-order chi connectivity index (χ1) is 7.17. The lowest BCUT2D eigenvalue weighted by atomic mass is 10.2. The molecule has 1 saturated carbocycles. The van der Waals surface area contributed by atoms with Crippen molar-refractivity contribution in [2.75, 3.05) is 19.7 Å². The van der Waals surface area contributed by atoms with Crippen molar-refractivity contribution in [3.63, 3.8) is 0 Å². The van der Waals surface area contributed by atoms with Gasteiger partial charge in [-0.3, -0.25) is 4.99 Å². The van der Waals surface area contributed by atoms with E-state index in [0.717, 1.165) is 18.4 Å². The standard InChI is InChI=1S/C11H23N3O/c1-4-12-11(13-6-8(2)7-15)14-10-5-9(10)3/h8-10,15H,4-7H2,1-3H3,(H2,12,13,14). The zero-order valence-electron chi connectivity index (χ0n) is 9.95. The number of aliphatic hydroxyl groups is 1. The van der Waals surface area contributed by atoms with E-state index in [1.54, 1.807) is 0 Å². The highest BCUT2D eigenvalue weighted by Gasteiger charge is 2.33. The number of hydrogen-bond donors (Lipinski definition) is 3. The molecule has 0 aliphatic heterocycles. The molecule has 15 heavy (non-hydrogen) atoms. The molecular weight excluding hydrogens is 190 g/mol. The minimum atomic E-state index is 0.197. The molecule has 4 nitrogen and oxygen atoms in total. The summed E-state index contributed by atoms with van der Waals surface area (Å²) in [7, 11) is 0. The molecule has 1 aliphatic carbocycles. The van der Waals surface area contributed by atoms with Crippen LogP contribution in [-0.2, 0) is 0 Å². The average molecular weight is 213 g/mol. The fourth-order valence-electron chi connectivity index (χ4n) is 1.32. The summed E-state index contributed by atoms with van der Waals surface area (Å²) >= 11 is 0. The fourth-order valence-corrected chi connectivity index (χ4v) is 1.32. The van der Waals surface area contributed by atoms with E-state index < -0.39 is 0 Å². The van der Waals surface area contributed by atoms with Gasteiger partial charge < -0.3 is 15.7 Å². The molecule has 0 aromatic heterocycles. The third-order valence-electron chi connectivity index (χ3n) is 2.65. The molecule has 0 aromatic rings. The summed E-state index contributed by atoms with van der Waals surface area (Å²) in [6.45, 7) is 8.03. The molecule has 0 aromatic carbocycles. The minimum Gasteiger partial charge on any atom is -0.396 e. The smallest absolute Gasteiger partial charge is 0.191 e. The van der Waals surface area contributed by atoms with Crippen molar-refractivity contribution in [3.05, 3.63) is 0 Å². The van der Waals surface area contributed by atoms with Gasteiger partial charge in [-0.1, -0.05) is 13.8 Å². The summed E-state index contributed by atoms with van der Waals surface area (Å²) < 4.78 is 0. The van der Waals surface area contributed by atoms with Crippen LogP contribution in [0.5, 0.6) is 0 Å². The first-order valence-electron chi connectivity index (χ1n) is 5.83. The van der Waals surface area contributed by atoms with Gasteiger partial charge in [0.25, 0.3) is 0 Å². The van der Waals surface area contributed by atoms with Gasteiger partial charge in [-0.05, 0) is 25.2 Å². The predicted molar refractivity (Wildman–Crippen MR) is 62.9 cm³/mol. The lowest BCUT2D eigenvalue weighted by molar-refractivity contribution is 0.241. The van der Waals surface area contributed by atoms with Crippen molar-refractivity contribution in [1.29, 1.82) is 0 Å². The normalized spacial score (nSPS) is 27.3. The Balaban J connectivity index is 2.34. The second kappa shape index (κ2) is 5.95. The van der Waals surface area contributed by atoms with E-state index in [1.807, 2.05) is 6.92 Å². The highest BCUT2D eigenvalue weighted by atomic mass is 16.3. The number of rotatable bonds is 5. The van der Waals surface area contributed by atoms with Crippen LogP contribution >= 0.6 is 0 Å². The Hall–Kier alpha value is -0.770. The number of aliphatic imine (C=N–C) groups is 1.